The van der Waals surface area contributed by atoms with E-state index < -0.39 is 0 Å². The van der Waals surface area contributed by atoms with Crippen molar-refractivity contribution in [2.24, 2.45) is 47.3 Å². The normalized spacial score (nSPS) is 51.9. The zero-order valence-corrected chi connectivity index (χ0v) is 29.1. The number of hydrogen-bond acceptors (Lipinski definition) is 4. The Bertz CT molecular complexity index is 1340. The maximum absolute atomic E-state index is 4.58. The van der Waals surface area contributed by atoms with E-state index in [1.165, 1.54) is 89.9 Å². The maximum atomic E-state index is 4.58. The first kappa shape index (κ1) is 30.0. The Hall–Kier alpha value is -1.72. The van der Waals surface area contributed by atoms with E-state index in [0.717, 1.165) is 47.3 Å². The number of hydrogen-bond donors (Lipinski definition) is 4. The van der Waals surface area contributed by atoms with Gasteiger partial charge in [-0.1, -0.05) is 86.3 Å². The van der Waals surface area contributed by atoms with Crippen LogP contribution in [-0.2, 0) is 0 Å². The fourth-order valence-electron chi connectivity index (χ4n) is 15.6. The Morgan fingerprint density at radius 3 is 1.21 bits per heavy atom. The van der Waals surface area contributed by atoms with E-state index in [1.54, 1.807) is 11.1 Å². The van der Waals surface area contributed by atoms with E-state index in [1.807, 2.05) is 0 Å². The second kappa shape index (κ2) is 11.9. The van der Waals surface area contributed by atoms with Crippen molar-refractivity contribution in [3.05, 3.63) is 71.8 Å². The average molecular weight is 645 g/mol. The Morgan fingerprint density at radius 2 is 0.750 bits per heavy atom. The van der Waals surface area contributed by atoms with Crippen LogP contribution in [0.2, 0.25) is 0 Å². The third-order valence-electron chi connectivity index (χ3n) is 16.9. The highest BCUT2D eigenvalue weighted by Gasteiger charge is 2.62. The number of fused-ring (bicyclic) bond motifs is 14. The van der Waals surface area contributed by atoms with Crippen molar-refractivity contribution < 1.29 is 0 Å². The zero-order chi connectivity index (χ0) is 31.3. The fourth-order valence-corrected chi connectivity index (χ4v) is 15.6. The van der Waals surface area contributed by atoms with Crippen molar-refractivity contribution in [3.8, 4) is 0 Å². The number of benzene rings is 2. The number of nitrogens with one attached hydrogen (secondary N) is 4. The molecule has 4 heteroatoms. The molecule has 256 valence electrons. The lowest BCUT2D eigenvalue weighted by Crippen LogP contribution is -2.53. The molecule has 0 radical (unpaired) electrons. The molecule has 18 unspecified atom stereocenters. The standard InChI is InChI=1S/C44H60N4/c1-3-11-25(12-4-1)39-33-19-20-34(45-33)40(26-13-5-2-6-14-26)38-24-32-28-16-8-10-18-30(28)42(44(32)48-38)36-22-21-35(46-36)41-29-17-9-7-15-27(29)31-23-37(39)47-43(31)41/h1-6,11-14,27-48H,7-10,15-24H2. The Morgan fingerprint density at radius 1 is 0.354 bits per heavy atom. The molecule has 2 aromatic carbocycles. The third kappa shape index (κ3) is 4.60. The van der Waals surface area contributed by atoms with Crippen molar-refractivity contribution in [1.29, 1.82) is 0 Å². The van der Waals surface area contributed by atoms with Gasteiger partial charge in [0.05, 0.1) is 0 Å². The Kier molecular flexibility index (Phi) is 7.44. The molecule has 0 aromatic heterocycles. The molecule has 4 N–H and O–H groups in total. The molecule has 4 aliphatic carbocycles. The highest BCUT2D eigenvalue weighted by Crippen LogP contribution is 2.60. The summed E-state index contributed by atoms with van der Waals surface area (Å²) in [4.78, 5) is 0. The lowest BCUT2D eigenvalue weighted by molar-refractivity contribution is 0.146. The predicted molar refractivity (Wildman–Crippen MR) is 194 cm³/mol. The van der Waals surface area contributed by atoms with Crippen molar-refractivity contribution in [2.75, 3.05) is 0 Å². The molecule has 2 aromatic rings. The molecule has 5 heterocycles. The summed E-state index contributed by atoms with van der Waals surface area (Å²) in [5, 5.41) is 18.2. The van der Waals surface area contributed by atoms with Gasteiger partial charge in [-0.05, 0) is 123 Å². The monoisotopic (exact) mass is 644 g/mol. The summed E-state index contributed by atoms with van der Waals surface area (Å²) in [6, 6.07) is 28.6. The average Bonchev–Trinajstić information content (AvgIpc) is 3.98. The van der Waals surface area contributed by atoms with Crippen molar-refractivity contribution in [3.63, 3.8) is 0 Å². The molecule has 8 bridgehead atoms. The minimum atomic E-state index is 0.541. The Labute approximate surface area is 289 Å². The van der Waals surface area contributed by atoms with E-state index in [9.17, 15) is 0 Å². The van der Waals surface area contributed by atoms with Gasteiger partial charge in [0.2, 0.25) is 0 Å². The van der Waals surface area contributed by atoms with Gasteiger partial charge >= 0.3 is 0 Å². The first-order valence-corrected chi connectivity index (χ1v) is 20.9. The van der Waals surface area contributed by atoms with Gasteiger partial charge < -0.3 is 21.3 Å². The third-order valence-corrected chi connectivity index (χ3v) is 16.9. The molecule has 4 nitrogen and oxygen atoms in total. The van der Waals surface area contributed by atoms with Crippen LogP contribution in [0.5, 0.6) is 0 Å². The molecule has 11 rings (SSSR count). The van der Waals surface area contributed by atoms with Crippen LogP contribution in [0.3, 0.4) is 0 Å². The highest BCUT2D eigenvalue weighted by molar-refractivity contribution is 5.30. The molecule has 48 heavy (non-hydrogen) atoms. The van der Waals surface area contributed by atoms with E-state index in [2.05, 4.69) is 81.9 Å². The van der Waals surface area contributed by atoms with Crippen LogP contribution in [0.4, 0.5) is 0 Å². The lowest BCUT2D eigenvalue weighted by Gasteiger charge is -2.40. The molecule has 9 aliphatic rings. The summed E-state index contributed by atoms with van der Waals surface area (Å²) in [6.07, 6.45) is 20.1. The molecule has 0 amide bonds. The first-order chi connectivity index (χ1) is 23.8. The van der Waals surface area contributed by atoms with Gasteiger partial charge in [0.25, 0.3) is 0 Å². The summed E-state index contributed by atoms with van der Waals surface area (Å²) in [5.74, 6) is 8.28. The van der Waals surface area contributed by atoms with Crippen molar-refractivity contribution >= 4 is 0 Å². The Balaban J connectivity index is 1.02. The molecule has 0 spiro atoms. The number of rotatable bonds is 2. The van der Waals surface area contributed by atoms with Crippen LogP contribution in [0.1, 0.15) is 113 Å². The molecular formula is C44H60N4. The van der Waals surface area contributed by atoms with Crippen molar-refractivity contribution in [2.45, 2.75) is 150 Å². The highest BCUT2D eigenvalue weighted by atomic mass is 15.1. The predicted octanol–water partition coefficient (Wildman–Crippen LogP) is 7.37. The van der Waals surface area contributed by atoms with E-state index in [0.29, 0.717) is 60.2 Å². The summed E-state index contributed by atoms with van der Waals surface area (Å²) >= 11 is 0. The summed E-state index contributed by atoms with van der Waals surface area (Å²) in [5.41, 5.74) is 3.14. The second-order valence-corrected chi connectivity index (χ2v) is 18.6. The van der Waals surface area contributed by atoms with Gasteiger partial charge in [0.1, 0.15) is 0 Å². The van der Waals surface area contributed by atoms with Crippen LogP contribution in [-0.4, -0.2) is 48.3 Å². The van der Waals surface area contributed by atoms with Crippen LogP contribution < -0.4 is 21.3 Å². The van der Waals surface area contributed by atoms with Crippen LogP contribution >= 0.6 is 0 Å². The molecular weight excluding hydrogens is 585 g/mol. The van der Waals surface area contributed by atoms with Gasteiger partial charge in [-0.3, -0.25) is 0 Å². The molecule has 5 aliphatic heterocycles. The van der Waals surface area contributed by atoms with E-state index >= 15 is 0 Å². The van der Waals surface area contributed by atoms with E-state index in [4.69, 9.17) is 0 Å². The summed E-state index contributed by atoms with van der Waals surface area (Å²) in [6.45, 7) is 0. The van der Waals surface area contributed by atoms with Gasteiger partial charge in [0.15, 0.2) is 0 Å². The quantitative estimate of drug-likeness (QED) is 0.276. The molecule has 5 saturated heterocycles. The van der Waals surface area contributed by atoms with E-state index in [-0.39, 0.29) is 0 Å². The van der Waals surface area contributed by atoms with Crippen LogP contribution in [0.15, 0.2) is 60.7 Å². The topological polar surface area (TPSA) is 48.1 Å². The fraction of sp³-hybridized carbons (Fsp3) is 0.727. The smallest absolute Gasteiger partial charge is 0.0157 e. The summed E-state index contributed by atoms with van der Waals surface area (Å²) < 4.78 is 0. The summed E-state index contributed by atoms with van der Waals surface area (Å²) in [7, 11) is 0. The molecule has 9 fully saturated rings. The van der Waals surface area contributed by atoms with Gasteiger partial charge in [0, 0.05) is 60.2 Å². The first-order valence-electron chi connectivity index (χ1n) is 20.9. The minimum absolute atomic E-state index is 0.541. The van der Waals surface area contributed by atoms with Crippen molar-refractivity contribution in [1.82, 2.24) is 21.3 Å². The minimum Gasteiger partial charge on any atom is -0.311 e. The zero-order valence-electron chi connectivity index (χ0n) is 29.1. The van der Waals surface area contributed by atoms with Gasteiger partial charge in [-0.25, -0.2) is 0 Å². The van der Waals surface area contributed by atoms with Crippen LogP contribution in [0.25, 0.3) is 0 Å². The molecule has 4 saturated carbocycles. The maximum Gasteiger partial charge on any atom is 0.0157 e. The SMILES string of the molecule is c1ccc(C2C3CCC(N3)C(c3ccccc3)C3CC4C5CCCCC5C(C5CCC(N5)C5C6CCCCC6C6CC2NC65)C4N3)cc1. The second-order valence-electron chi connectivity index (χ2n) is 18.6. The lowest BCUT2D eigenvalue weighted by atomic mass is 9.72. The van der Waals surface area contributed by atoms with Gasteiger partial charge in [-0.15, -0.1) is 0 Å². The molecule has 18 atom stereocenters. The largest absolute Gasteiger partial charge is 0.311 e. The van der Waals surface area contributed by atoms with Gasteiger partial charge in [-0.2, -0.15) is 0 Å². The van der Waals surface area contributed by atoms with Crippen LogP contribution in [0, 0.1) is 47.3 Å².